The van der Waals surface area contributed by atoms with Crippen molar-refractivity contribution in [2.45, 2.75) is 0 Å². The summed E-state index contributed by atoms with van der Waals surface area (Å²) in [6, 6.07) is 23.0. The van der Waals surface area contributed by atoms with E-state index in [9.17, 15) is 29.7 Å². The summed E-state index contributed by atoms with van der Waals surface area (Å²) < 4.78 is 0. The zero-order valence-corrected chi connectivity index (χ0v) is 24.7. The van der Waals surface area contributed by atoms with E-state index in [2.05, 4.69) is 15.0 Å². The number of fused-ring (bicyclic) bond motifs is 3. The van der Waals surface area contributed by atoms with E-state index in [-0.39, 0.29) is 83.6 Å². The van der Waals surface area contributed by atoms with E-state index < -0.39 is 17.9 Å². The molecule has 0 aliphatic carbocycles. The van der Waals surface area contributed by atoms with Gasteiger partial charge in [-0.3, -0.25) is 0 Å². The molecule has 0 unspecified atom stereocenters. The molecule has 3 aromatic carbocycles. The fourth-order valence-electron chi connectivity index (χ4n) is 3.72. The van der Waals surface area contributed by atoms with Crippen LogP contribution in [-0.4, -0.2) is 48.2 Å². The summed E-state index contributed by atoms with van der Waals surface area (Å²) in [6.07, 6.45) is 0. The molecule has 3 aromatic heterocycles. The molecule has 0 bridgehead atoms. The molecule has 6 aromatic rings. The third-order valence-electron chi connectivity index (χ3n) is 5.71. The van der Waals surface area contributed by atoms with Crippen LogP contribution in [0.5, 0.6) is 17.2 Å². The van der Waals surface area contributed by atoms with Crippen LogP contribution in [0.15, 0.2) is 91.0 Å². The van der Waals surface area contributed by atoms with Crippen LogP contribution in [0.2, 0.25) is 0 Å². The van der Waals surface area contributed by atoms with E-state index in [4.69, 9.17) is 15.3 Å². The average Bonchev–Trinajstić information content (AvgIpc) is 2.98. The second-order valence-electron chi connectivity index (χ2n) is 8.49. The minimum Gasteiger partial charge on any atom is -0.871 e. The Morgan fingerprint density at radius 1 is 0.442 bits per heavy atom. The first-order chi connectivity index (χ1) is 20.0. The Morgan fingerprint density at radius 2 is 0.698 bits per heavy atom. The molecule has 0 aliphatic heterocycles. The number of nitrogens with zero attached hydrogens (tertiary/aromatic N) is 3. The molecule has 0 fully saturated rings. The van der Waals surface area contributed by atoms with Gasteiger partial charge >= 0.3 is 50.6 Å². The van der Waals surface area contributed by atoms with Gasteiger partial charge in [0.1, 0.15) is 17.1 Å². The van der Waals surface area contributed by atoms with Crippen LogP contribution in [0.4, 0.5) is 0 Å². The number of carboxylic acids is 3. The van der Waals surface area contributed by atoms with Gasteiger partial charge in [0.2, 0.25) is 0 Å². The Bertz CT molecular complexity index is 1760. The number of carboxylic acid groups (broad SMARTS) is 3. The van der Waals surface area contributed by atoms with Crippen LogP contribution in [0.3, 0.4) is 0 Å². The number of benzene rings is 3. The number of para-hydroxylation sites is 3. The van der Waals surface area contributed by atoms with Crippen molar-refractivity contribution in [2.24, 2.45) is 0 Å². The zero-order chi connectivity index (χ0) is 30.4. The van der Waals surface area contributed by atoms with Gasteiger partial charge in [-0.1, -0.05) is 90.0 Å². The molecule has 13 heteroatoms. The van der Waals surface area contributed by atoms with E-state index in [0.29, 0.717) is 16.2 Å². The molecule has 0 radical (unpaired) electrons. The largest absolute Gasteiger partial charge is 3.00 e. The summed E-state index contributed by atoms with van der Waals surface area (Å²) in [4.78, 5) is 43.1. The molecule has 43 heavy (non-hydrogen) atoms. The van der Waals surface area contributed by atoms with Crippen molar-refractivity contribution >= 4 is 50.6 Å². The van der Waals surface area contributed by atoms with Gasteiger partial charge in [0.05, 0.1) is 16.6 Å². The van der Waals surface area contributed by atoms with Crippen molar-refractivity contribution in [2.75, 3.05) is 0 Å². The third-order valence-corrected chi connectivity index (χ3v) is 5.71. The fourth-order valence-corrected chi connectivity index (χ4v) is 3.72. The number of hydrogen-bond acceptors (Lipinski definition) is 9. The first-order valence-electron chi connectivity index (χ1n) is 12.0. The van der Waals surface area contributed by atoms with Crippen LogP contribution < -0.4 is 15.3 Å². The van der Waals surface area contributed by atoms with E-state index in [0.717, 1.165) is 0 Å². The maximum absolute atomic E-state index is 11.3. The summed E-state index contributed by atoms with van der Waals surface area (Å²) in [5.41, 5.74) is 0.273. The minimum atomic E-state index is -1.13. The minimum absolute atomic E-state index is 0. The van der Waals surface area contributed by atoms with Gasteiger partial charge in [0.25, 0.3) is 0 Å². The standard InChI is InChI=1S/3C10H7NO3.Y/c3*12-8-3-1-2-6-4-5-7(10(13)14)11-9(6)8;/h3*1-5,12H,(H,13,14);/q;;;+3/p-3. The number of hydrogen-bond donors (Lipinski definition) is 3. The summed E-state index contributed by atoms with van der Waals surface area (Å²) >= 11 is 0. The summed E-state index contributed by atoms with van der Waals surface area (Å²) in [7, 11) is 0. The molecule has 0 atom stereocenters. The number of aromatic carboxylic acids is 3. The predicted molar refractivity (Wildman–Crippen MR) is 144 cm³/mol. The molecule has 0 amide bonds. The van der Waals surface area contributed by atoms with Crippen molar-refractivity contribution in [1.29, 1.82) is 0 Å². The summed E-state index contributed by atoms with van der Waals surface area (Å²) in [6.45, 7) is 0. The number of rotatable bonds is 3. The molecule has 6 rings (SSSR count). The van der Waals surface area contributed by atoms with Gasteiger partial charge in [-0.2, -0.15) is 0 Å². The second kappa shape index (κ2) is 14.1. The Kier molecular flexibility index (Phi) is 10.6. The van der Waals surface area contributed by atoms with Crippen LogP contribution in [0.1, 0.15) is 31.5 Å². The molecular weight excluding hydrogens is 635 g/mol. The number of pyridine rings is 3. The molecule has 0 spiro atoms. The second-order valence-corrected chi connectivity index (χ2v) is 8.49. The van der Waals surface area contributed by atoms with Crippen molar-refractivity contribution in [3.63, 3.8) is 0 Å². The van der Waals surface area contributed by atoms with Crippen molar-refractivity contribution in [3.8, 4) is 17.2 Å². The molecule has 3 heterocycles. The first-order valence-corrected chi connectivity index (χ1v) is 12.0. The Labute approximate surface area is 267 Å². The van der Waals surface area contributed by atoms with Gasteiger partial charge in [0.15, 0.2) is 0 Å². The first kappa shape index (κ1) is 32.3. The molecular formula is C30H18N3O9Y. The summed E-state index contributed by atoms with van der Waals surface area (Å²) in [5.74, 6) is -4.16. The van der Waals surface area contributed by atoms with E-state index >= 15 is 0 Å². The van der Waals surface area contributed by atoms with Crippen LogP contribution in [-0.2, 0) is 32.7 Å². The van der Waals surface area contributed by atoms with E-state index in [1.807, 2.05) is 0 Å². The molecule has 0 saturated carbocycles. The van der Waals surface area contributed by atoms with Crippen molar-refractivity contribution in [3.05, 3.63) is 108 Å². The quantitative estimate of drug-likeness (QED) is 0.251. The average molecular weight is 653 g/mol. The smallest absolute Gasteiger partial charge is 0.871 e. The molecule has 12 nitrogen and oxygen atoms in total. The monoisotopic (exact) mass is 653 g/mol. The van der Waals surface area contributed by atoms with Crippen LogP contribution >= 0.6 is 0 Å². The van der Waals surface area contributed by atoms with Gasteiger partial charge in [0, 0.05) is 0 Å². The van der Waals surface area contributed by atoms with Gasteiger partial charge in [-0.15, -0.1) is 0 Å². The van der Waals surface area contributed by atoms with Crippen molar-refractivity contribution < 1.29 is 77.7 Å². The van der Waals surface area contributed by atoms with Gasteiger partial charge in [-0.05, 0) is 34.4 Å². The zero-order valence-electron chi connectivity index (χ0n) is 21.9. The Hall–Kier alpha value is -5.20. The van der Waals surface area contributed by atoms with E-state index in [1.54, 1.807) is 54.6 Å². The van der Waals surface area contributed by atoms with Crippen LogP contribution in [0.25, 0.3) is 32.7 Å². The SMILES string of the molecule is O=C(O)c1ccc2cccc([O-])c2n1.O=C(O)c1ccc2cccc([O-])c2n1.O=C(O)c1ccc2cccc([O-])c2n1.[Y+3]. The molecule has 0 saturated heterocycles. The van der Waals surface area contributed by atoms with Crippen molar-refractivity contribution in [1.82, 2.24) is 15.0 Å². The molecule has 0 aliphatic rings. The molecule has 3 N–H and O–H groups in total. The Morgan fingerprint density at radius 3 is 0.930 bits per heavy atom. The predicted octanol–water partition coefficient (Wildman–Crippen LogP) is 3.02. The summed E-state index contributed by atoms with van der Waals surface area (Å²) in [5, 5.41) is 61.9. The fraction of sp³-hybridized carbons (Fsp3) is 0. The van der Waals surface area contributed by atoms with Crippen LogP contribution in [0, 0.1) is 0 Å². The van der Waals surface area contributed by atoms with Gasteiger partial charge < -0.3 is 30.6 Å². The molecule has 210 valence electrons. The maximum atomic E-state index is 11.3. The van der Waals surface area contributed by atoms with E-state index in [1.165, 1.54) is 36.4 Å². The third kappa shape index (κ3) is 7.76. The Balaban J connectivity index is 0.000000175. The topological polar surface area (TPSA) is 220 Å². The maximum Gasteiger partial charge on any atom is 3.00 e. The number of carbonyl (C=O) groups is 3. The number of aromatic nitrogens is 3. The normalized spacial score (nSPS) is 10.0. The van der Waals surface area contributed by atoms with Gasteiger partial charge in [-0.25, -0.2) is 29.3 Å².